The first-order valence-electron chi connectivity index (χ1n) is 11.6. The van der Waals surface area contributed by atoms with E-state index < -0.39 is 0 Å². The quantitative estimate of drug-likeness (QED) is 0.673. The minimum Gasteiger partial charge on any atom is -0.497 e. The molecule has 2 heterocycles. The van der Waals surface area contributed by atoms with Crippen LogP contribution in [-0.2, 0) is 17.8 Å². The molecule has 31 heavy (non-hydrogen) atoms. The summed E-state index contributed by atoms with van der Waals surface area (Å²) >= 11 is 0. The van der Waals surface area contributed by atoms with Gasteiger partial charge in [-0.2, -0.15) is 0 Å². The molecule has 2 aromatic carbocycles. The highest BCUT2D eigenvalue weighted by molar-refractivity contribution is 5.78. The van der Waals surface area contributed by atoms with Gasteiger partial charge in [-0.1, -0.05) is 42.5 Å². The van der Waals surface area contributed by atoms with Crippen LogP contribution in [0.4, 0.5) is 0 Å². The molecule has 2 unspecified atom stereocenters. The van der Waals surface area contributed by atoms with Crippen molar-refractivity contribution in [2.75, 3.05) is 33.3 Å². The molecule has 0 bridgehead atoms. The van der Waals surface area contributed by atoms with E-state index in [9.17, 15) is 4.79 Å². The van der Waals surface area contributed by atoms with Crippen LogP contribution in [0, 0.1) is 0 Å². The number of likely N-dealkylation sites (tertiary alicyclic amines) is 2. The fraction of sp³-hybridized carbons (Fsp3) is 0.500. The summed E-state index contributed by atoms with van der Waals surface area (Å²) in [5.74, 6) is 1.01. The number of benzene rings is 2. The van der Waals surface area contributed by atoms with Crippen LogP contribution in [0.2, 0.25) is 0 Å². The van der Waals surface area contributed by atoms with Gasteiger partial charge in [0.05, 0.1) is 13.7 Å². The zero-order valence-electron chi connectivity index (χ0n) is 18.6. The van der Waals surface area contributed by atoms with E-state index in [1.165, 1.54) is 36.8 Å². The van der Waals surface area contributed by atoms with Gasteiger partial charge in [0.15, 0.2) is 0 Å². The molecule has 2 aromatic rings. The molecule has 4 rings (SSSR count). The Kier molecular flexibility index (Phi) is 7.60. The number of nitrogens with one attached hydrogen (secondary N) is 1. The molecule has 5 heteroatoms. The van der Waals surface area contributed by atoms with Gasteiger partial charge in [0.1, 0.15) is 5.75 Å². The van der Waals surface area contributed by atoms with Gasteiger partial charge < -0.3 is 10.1 Å². The van der Waals surface area contributed by atoms with Crippen LogP contribution in [0.5, 0.6) is 5.75 Å². The van der Waals surface area contributed by atoms with E-state index in [0.29, 0.717) is 25.2 Å². The maximum Gasteiger partial charge on any atom is 0.234 e. The monoisotopic (exact) mass is 421 g/mol. The first-order valence-corrected chi connectivity index (χ1v) is 11.6. The number of amides is 1. The largest absolute Gasteiger partial charge is 0.497 e. The van der Waals surface area contributed by atoms with Crippen molar-refractivity contribution in [1.82, 2.24) is 15.1 Å². The molecule has 0 saturated carbocycles. The number of ether oxygens (including phenoxy) is 1. The summed E-state index contributed by atoms with van der Waals surface area (Å²) in [6, 6.07) is 19.9. The summed E-state index contributed by atoms with van der Waals surface area (Å²) in [6.45, 7) is 4.41. The summed E-state index contributed by atoms with van der Waals surface area (Å²) in [5, 5.41) is 3.12. The summed E-state index contributed by atoms with van der Waals surface area (Å²) in [6.07, 6.45) is 5.74. The number of rotatable bonds is 9. The molecule has 2 fully saturated rings. The highest BCUT2D eigenvalue weighted by Crippen LogP contribution is 2.30. The number of hydrogen-bond acceptors (Lipinski definition) is 4. The van der Waals surface area contributed by atoms with Gasteiger partial charge in [-0.05, 0) is 68.5 Å². The molecule has 0 aliphatic carbocycles. The number of carbonyl (C=O) groups excluding carboxylic acids is 1. The van der Waals surface area contributed by atoms with Crippen molar-refractivity contribution < 1.29 is 9.53 Å². The highest BCUT2D eigenvalue weighted by atomic mass is 16.5. The summed E-state index contributed by atoms with van der Waals surface area (Å²) in [5.41, 5.74) is 2.60. The minimum absolute atomic E-state index is 0.146. The maximum absolute atomic E-state index is 12.6. The lowest BCUT2D eigenvalue weighted by Gasteiger charge is -2.34. The average Bonchev–Trinajstić information content (AvgIpc) is 3.44. The SMILES string of the molecule is COc1ccc(CCNC(=O)CN2CCCC2C2CCCN2Cc2ccccc2)cc1. The lowest BCUT2D eigenvalue weighted by atomic mass is 10.0. The molecule has 1 amide bonds. The normalized spacial score (nSPS) is 22.0. The Morgan fingerprint density at radius 2 is 1.61 bits per heavy atom. The fourth-order valence-corrected chi connectivity index (χ4v) is 5.16. The van der Waals surface area contributed by atoms with E-state index in [1.54, 1.807) is 7.11 Å². The zero-order valence-corrected chi connectivity index (χ0v) is 18.6. The van der Waals surface area contributed by atoms with Gasteiger partial charge in [-0.3, -0.25) is 14.6 Å². The minimum atomic E-state index is 0.146. The van der Waals surface area contributed by atoms with E-state index in [2.05, 4.69) is 57.6 Å². The van der Waals surface area contributed by atoms with E-state index in [-0.39, 0.29) is 5.91 Å². The third kappa shape index (κ3) is 5.86. The van der Waals surface area contributed by atoms with Gasteiger partial charge >= 0.3 is 0 Å². The van der Waals surface area contributed by atoms with Gasteiger partial charge in [0.25, 0.3) is 0 Å². The molecule has 166 valence electrons. The van der Waals surface area contributed by atoms with Crippen LogP contribution in [0.25, 0.3) is 0 Å². The Balaban J connectivity index is 1.26. The molecule has 2 aliphatic rings. The topological polar surface area (TPSA) is 44.8 Å². The van der Waals surface area contributed by atoms with Crippen LogP contribution < -0.4 is 10.1 Å². The lowest BCUT2D eigenvalue weighted by Crippen LogP contribution is -2.48. The van der Waals surface area contributed by atoms with Crippen molar-refractivity contribution in [3.8, 4) is 5.75 Å². The second-order valence-electron chi connectivity index (χ2n) is 8.79. The van der Waals surface area contributed by atoms with Crippen LogP contribution in [0.1, 0.15) is 36.8 Å². The number of methoxy groups -OCH3 is 1. The van der Waals surface area contributed by atoms with Gasteiger partial charge in [-0.25, -0.2) is 0 Å². The zero-order chi connectivity index (χ0) is 21.5. The van der Waals surface area contributed by atoms with Gasteiger partial charge in [-0.15, -0.1) is 0 Å². The smallest absolute Gasteiger partial charge is 0.234 e. The Morgan fingerprint density at radius 3 is 2.32 bits per heavy atom. The predicted molar refractivity (Wildman–Crippen MR) is 124 cm³/mol. The molecule has 2 atom stereocenters. The third-order valence-corrected chi connectivity index (χ3v) is 6.74. The third-order valence-electron chi connectivity index (χ3n) is 6.74. The van der Waals surface area contributed by atoms with E-state index >= 15 is 0 Å². The van der Waals surface area contributed by atoms with Gasteiger partial charge in [0, 0.05) is 25.2 Å². The Labute approximate surface area is 186 Å². The molecule has 1 N–H and O–H groups in total. The molecule has 2 saturated heterocycles. The maximum atomic E-state index is 12.6. The lowest BCUT2D eigenvalue weighted by molar-refractivity contribution is -0.122. The molecule has 0 aromatic heterocycles. The number of nitrogens with zero attached hydrogens (tertiary/aromatic N) is 2. The van der Waals surface area contributed by atoms with E-state index in [4.69, 9.17) is 4.74 Å². The van der Waals surface area contributed by atoms with E-state index in [0.717, 1.165) is 31.8 Å². The van der Waals surface area contributed by atoms with Crippen molar-refractivity contribution in [2.45, 2.75) is 50.7 Å². The second-order valence-corrected chi connectivity index (χ2v) is 8.79. The summed E-state index contributed by atoms with van der Waals surface area (Å²) in [4.78, 5) is 17.7. The van der Waals surface area contributed by atoms with Crippen molar-refractivity contribution in [1.29, 1.82) is 0 Å². The van der Waals surface area contributed by atoms with E-state index in [1.807, 2.05) is 12.1 Å². The first-order chi connectivity index (χ1) is 15.2. The Hall–Kier alpha value is -2.37. The standard InChI is InChI=1S/C26H35N3O2/c1-31-23-13-11-21(12-14-23)15-16-27-26(30)20-29-18-6-10-25(29)24-9-5-17-28(24)19-22-7-3-2-4-8-22/h2-4,7-8,11-14,24-25H,5-6,9-10,15-20H2,1H3,(H,27,30). The first kappa shape index (κ1) is 21.8. The van der Waals surface area contributed by atoms with Crippen LogP contribution >= 0.6 is 0 Å². The summed E-state index contributed by atoms with van der Waals surface area (Å²) in [7, 11) is 1.67. The number of carbonyl (C=O) groups is 1. The number of hydrogen-bond donors (Lipinski definition) is 1. The molecule has 0 spiro atoms. The van der Waals surface area contributed by atoms with Gasteiger partial charge in [0.2, 0.25) is 5.91 Å². The molecule has 0 radical (unpaired) electrons. The van der Waals surface area contributed by atoms with Crippen molar-refractivity contribution >= 4 is 5.91 Å². The molecular formula is C26H35N3O2. The molecular weight excluding hydrogens is 386 g/mol. The van der Waals surface area contributed by atoms with Crippen LogP contribution in [0.3, 0.4) is 0 Å². The average molecular weight is 422 g/mol. The summed E-state index contributed by atoms with van der Waals surface area (Å²) < 4.78 is 5.20. The van der Waals surface area contributed by atoms with Crippen LogP contribution in [-0.4, -0.2) is 61.1 Å². The second kappa shape index (κ2) is 10.8. The van der Waals surface area contributed by atoms with Crippen molar-refractivity contribution in [3.05, 3.63) is 65.7 Å². The fourth-order valence-electron chi connectivity index (χ4n) is 5.16. The Morgan fingerprint density at radius 1 is 0.935 bits per heavy atom. The Bertz CT molecular complexity index is 824. The highest BCUT2D eigenvalue weighted by Gasteiger charge is 2.38. The van der Waals surface area contributed by atoms with Crippen LogP contribution in [0.15, 0.2) is 54.6 Å². The van der Waals surface area contributed by atoms with Crippen molar-refractivity contribution in [2.24, 2.45) is 0 Å². The predicted octanol–water partition coefficient (Wildman–Crippen LogP) is 3.48. The van der Waals surface area contributed by atoms with Crippen molar-refractivity contribution in [3.63, 3.8) is 0 Å². The molecule has 2 aliphatic heterocycles. The molecule has 5 nitrogen and oxygen atoms in total.